The fraction of sp³-hybridized carbons (Fsp3) is 0.294. The molecule has 0 saturated heterocycles. The smallest absolute Gasteiger partial charge is 0.317 e. The van der Waals surface area contributed by atoms with Crippen LogP contribution in [0.3, 0.4) is 0 Å². The van der Waals surface area contributed by atoms with Crippen molar-refractivity contribution in [3.63, 3.8) is 0 Å². The molecule has 2 heterocycles. The number of carbonyl (C=O) groups is 1. The van der Waals surface area contributed by atoms with Gasteiger partial charge < -0.3 is 14.8 Å². The fourth-order valence-corrected chi connectivity index (χ4v) is 3.79. The molecule has 1 aromatic carbocycles. The van der Waals surface area contributed by atoms with Crippen LogP contribution in [0, 0.1) is 0 Å². The van der Waals surface area contributed by atoms with Crippen LogP contribution in [0.2, 0.25) is 4.34 Å². The molecule has 5 nitrogen and oxygen atoms in total. The van der Waals surface area contributed by atoms with E-state index in [0.29, 0.717) is 13.1 Å². The van der Waals surface area contributed by atoms with Gasteiger partial charge in [-0.1, -0.05) is 23.7 Å². The van der Waals surface area contributed by atoms with Crippen LogP contribution in [0.4, 0.5) is 4.79 Å². The zero-order valence-electron chi connectivity index (χ0n) is 13.6. The van der Waals surface area contributed by atoms with Crippen LogP contribution in [0.15, 0.2) is 36.4 Å². The highest BCUT2D eigenvalue weighted by molar-refractivity contribution is 7.16. The number of nitrogens with one attached hydrogen (secondary N) is 1. The normalized spacial score (nSPS) is 11.0. The van der Waals surface area contributed by atoms with E-state index in [1.807, 2.05) is 36.4 Å². The number of hydrogen-bond acceptors (Lipinski definition) is 3. The molecule has 0 bridgehead atoms. The number of halogens is 1. The van der Waals surface area contributed by atoms with Crippen molar-refractivity contribution in [1.82, 2.24) is 19.8 Å². The summed E-state index contributed by atoms with van der Waals surface area (Å²) in [5.74, 6) is 0.861. The predicted molar refractivity (Wildman–Crippen MR) is 98.4 cm³/mol. The van der Waals surface area contributed by atoms with Crippen LogP contribution >= 0.6 is 22.9 Å². The zero-order valence-corrected chi connectivity index (χ0v) is 15.2. The Morgan fingerprint density at radius 1 is 1.33 bits per heavy atom. The number of imidazole rings is 1. The number of thiophene rings is 1. The number of benzene rings is 1. The summed E-state index contributed by atoms with van der Waals surface area (Å²) in [5.41, 5.74) is 2.04. The van der Waals surface area contributed by atoms with Gasteiger partial charge in [-0.2, -0.15) is 0 Å². The molecule has 0 aliphatic rings. The van der Waals surface area contributed by atoms with Gasteiger partial charge >= 0.3 is 6.03 Å². The Bertz CT molecular complexity index is 857. The Labute approximate surface area is 149 Å². The molecule has 0 spiro atoms. The molecule has 126 valence electrons. The van der Waals surface area contributed by atoms with Gasteiger partial charge in [0.15, 0.2) is 0 Å². The minimum absolute atomic E-state index is 0.130. The molecule has 2 aromatic heterocycles. The van der Waals surface area contributed by atoms with E-state index in [4.69, 9.17) is 11.6 Å². The lowest BCUT2D eigenvalue weighted by Crippen LogP contribution is -2.36. The van der Waals surface area contributed by atoms with Crippen molar-refractivity contribution in [2.75, 3.05) is 7.05 Å². The van der Waals surface area contributed by atoms with Gasteiger partial charge in [0.05, 0.1) is 28.5 Å². The molecule has 1 N–H and O–H groups in total. The van der Waals surface area contributed by atoms with Gasteiger partial charge in [-0.05, 0) is 31.2 Å². The first-order valence-electron chi connectivity index (χ1n) is 7.75. The lowest BCUT2D eigenvalue weighted by atomic mass is 10.3. The molecule has 0 aliphatic heterocycles. The first-order valence-corrected chi connectivity index (χ1v) is 8.95. The van der Waals surface area contributed by atoms with Crippen molar-refractivity contribution in [1.29, 1.82) is 0 Å². The zero-order chi connectivity index (χ0) is 17.1. The van der Waals surface area contributed by atoms with Crippen LogP contribution in [0.5, 0.6) is 0 Å². The van der Waals surface area contributed by atoms with E-state index >= 15 is 0 Å². The third-order valence-corrected chi connectivity index (χ3v) is 5.03. The van der Waals surface area contributed by atoms with Gasteiger partial charge in [-0.3, -0.25) is 0 Å². The summed E-state index contributed by atoms with van der Waals surface area (Å²) in [6.45, 7) is 3.83. The average Bonchev–Trinajstić information content (AvgIpc) is 3.15. The second-order valence-electron chi connectivity index (χ2n) is 5.48. The SMILES string of the molecule is CCn1c(CNC(=O)N(C)Cc2ccc(Cl)s2)nc2ccccc21. The van der Waals surface area contributed by atoms with Crippen LogP contribution in [0.25, 0.3) is 11.0 Å². The monoisotopic (exact) mass is 362 g/mol. The summed E-state index contributed by atoms with van der Waals surface area (Å²) in [6.07, 6.45) is 0. The Balaban J connectivity index is 1.65. The number of hydrogen-bond donors (Lipinski definition) is 1. The number of aromatic nitrogens is 2. The maximum absolute atomic E-state index is 12.3. The summed E-state index contributed by atoms with van der Waals surface area (Å²) in [4.78, 5) is 19.6. The van der Waals surface area contributed by atoms with Crippen molar-refractivity contribution in [3.8, 4) is 0 Å². The van der Waals surface area contributed by atoms with E-state index in [9.17, 15) is 4.79 Å². The molecular weight excluding hydrogens is 344 g/mol. The number of nitrogens with zero attached hydrogens (tertiary/aromatic N) is 3. The van der Waals surface area contributed by atoms with Gasteiger partial charge in [0.2, 0.25) is 0 Å². The van der Waals surface area contributed by atoms with Crippen molar-refractivity contribution >= 4 is 40.0 Å². The molecule has 3 aromatic rings. The number of carbonyl (C=O) groups excluding carboxylic acids is 1. The molecule has 0 aliphatic carbocycles. The molecular formula is C17H19ClN4OS. The first kappa shape index (κ1) is 16.8. The number of amides is 2. The van der Waals surface area contributed by atoms with Crippen LogP contribution < -0.4 is 5.32 Å². The van der Waals surface area contributed by atoms with Gasteiger partial charge in [0, 0.05) is 18.5 Å². The van der Waals surface area contributed by atoms with Crippen LogP contribution in [0.1, 0.15) is 17.6 Å². The molecule has 7 heteroatoms. The van der Waals surface area contributed by atoms with Crippen LogP contribution in [-0.2, 0) is 19.6 Å². The molecule has 0 fully saturated rings. The second-order valence-corrected chi connectivity index (χ2v) is 7.28. The van der Waals surface area contributed by atoms with E-state index in [0.717, 1.165) is 32.6 Å². The molecule has 24 heavy (non-hydrogen) atoms. The predicted octanol–water partition coefficient (Wildman–Crippen LogP) is 4.11. The third kappa shape index (κ3) is 3.55. The highest BCUT2D eigenvalue weighted by Crippen LogP contribution is 2.22. The molecule has 0 saturated carbocycles. The van der Waals surface area contributed by atoms with Gasteiger partial charge in [0.1, 0.15) is 5.82 Å². The minimum Gasteiger partial charge on any atom is -0.331 e. The average molecular weight is 363 g/mol. The first-order chi connectivity index (χ1) is 11.6. The molecule has 2 amide bonds. The van der Waals surface area contributed by atoms with Crippen molar-refractivity contribution in [2.24, 2.45) is 0 Å². The minimum atomic E-state index is -0.130. The molecule has 0 radical (unpaired) electrons. The molecule has 0 unspecified atom stereocenters. The standard InChI is InChI=1S/C17H19ClN4OS/c1-3-22-14-7-5-4-6-13(14)20-16(22)10-19-17(23)21(2)11-12-8-9-15(18)24-12/h4-9H,3,10-11H2,1-2H3,(H,19,23). The molecule has 3 rings (SSSR count). The largest absolute Gasteiger partial charge is 0.331 e. The summed E-state index contributed by atoms with van der Waals surface area (Å²) in [7, 11) is 1.77. The van der Waals surface area contributed by atoms with E-state index in [-0.39, 0.29) is 6.03 Å². The summed E-state index contributed by atoms with van der Waals surface area (Å²) in [5, 5.41) is 2.94. The lowest BCUT2D eigenvalue weighted by molar-refractivity contribution is 0.206. The summed E-state index contributed by atoms with van der Waals surface area (Å²) >= 11 is 7.41. The van der Waals surface area contributed by atoms with Gasteiger partial charge in [0.25, 0.3) is 0 Å². The Kier molecular flexibility index (Phi) is 5.06. The Morgan fingerprint density at radius 3 is 2.83 bits per heavy atom. The highest BCUT2D eigenvalue weighted by Gasteiger charge is 2.13. The number of para-hydroxylation sites is 2. The number of rotatable bonds is 5. The number of fused-ring (bicyclic) bond motifs is 1. The maximum Gasteiger partial charge on any atom is 0.317 e. The number of urea groups is 1. The lowest BCUT2D eigenvalue weighted by Gasteiger charge is -2.17. The summed E-state index contributed by atoms with van der Waals surface area (Å²) in [6, 6.07) is 11.7. The number of aryl methyl sites for hydroxylation is 1. The van der Waals surface area contributed by atoms with Crippen LogP contribution in [-0.4, -0.2) is 27.5 Å². The van der Waals surface area contributed by atoms with E-state index < -0.39 is 0 Å². The summed E-state index contributed by atoms with van der Waals surface area (Å²) < 4.78 is 2.85. The second kappa shape index (κ2) is 7.23. The fourth-order valence-electron chi connectivity index (χ4n) is 2.65. The van der Waals surface area contributed by atoms with Crippen molar-refractivity contribution in [2.45, 2.75) is 26.6 Å². The Hall–Kier alpha value is -2.05. The Morgan fingerprint density at radius 2 is 2.12 bits per heavy atom. The highest BCUT2D eigenvalue weighted by atomic mass is 35.5. The van der Waals surface area contributed by atoms with Crippen molar-refractivity contribution in [3.05, 3.63) is 51.4 Å². The van der Waals surface area contributed by atoms with Gasteiger partial charge in [-0.15, -0.1) is 11.3 Å². The quantitative estimate of drug-likeness (QED) is 0.742. The van der Waals surface area contributed by atoms with E-state index in [1.165, 1.54) is 11.3 Å². The molecule has 0 atom stereocenters. The van der Waals surface area contributed by atoms with E-state index in [2.05, 4.69) is 21.8 Å². The van der Waals surface area contributed by atoms with Crippen molar-refractivity contribution < 1.29 is 4.79 Å². The third-order valence-electron chi connectivity index (χ3n) is 3.82. The van der Waals surface area contributed by atoms with E-state index in [1.54, 1.807) is 11.9 Å². The topological polar surface area (TPSA) is 50.2 Å². The van der Waals surface area contributed by atoms with Gasteiger partial charge in [-0.25, -0.2) is 9.78 Å². The maximum atomic E-state index is 12.3.